The Morgan fingerprint density at radius 3 is 2.60 bits per heavy atom. The van der Waals surface area contributed by atoms with Crippen molar-refractivity contribution in [2.45, 2.75) is 25.7 Å². The van der Waals surface area contributed by atoms with Crippen molar-refractivity contribution < 1.29 is 4.74 Å². The van der Waals surface area contributed by atoms with Gasteiger partial charge < -0.3 is 15.0 Å². The van der Waals surface area contributed by atoms with E-state index in [0.717, 1.165) is 50.5 Å². The summed E-state index contributed by atoms with van der Waals surface area (Å²) in [6.07, 6.45) is 4.45. The number of unbranched alkanes of at least 4 members (excludes halogenated alkanes) is 1. The number of aliphatic imine (C=N–C) groups is 1. The quantitative estimate of drug-likeness (QED) is 0.420. The number of hydrogen-bond acceptors (Lipinski definition) is 3. The summed E-state index contributed by atoms with van der Waals surface area (Å²) in [5.74, 6) is 1.89. The number of benzene rings is 1. The first-order valence-corrected chi connectivity index (χ1v) is 9.68. The van der Waals surface area contributed by atoms with Gasteiger partial charge in [0.1, 0.15) is 5.75 Å². The maximum absolute atomic E-state index is 5.19. The molecule has 4 nitrogen and oxygen atoms in total. The van der Waals surface area contributed by atoms with Crippen molar-refractivity contribution in [1.29, 1.82) is 0 Å². The van der Waals surface area contributed by atoms with E-state index in [9.17, 15) is 0 Å². The molecule has 136 valence electrons. The molecule has 0 spiro atoms. The molecule has 1 aromatic heterocycles. The molecule has 0 unspecified atom stereocenters. The fourth-order valence-corrected chi connectivity index (χ4v) is 3.37. The fraction of sp³-hybridized carbons (Fsp3) is 0.450. The molecule has 2 aromatic rings. The molecule has 25 heavy (non-hydrogen) atoms. The third-order valence-corrected chi connectivity index (χ3v) is 5.12. The standard InChI is InChI=1S/C20H29N3OS/c1-21-20(23(2)15-13-19-8-6-16-25-19)22-14-5-4-7-17-9-11-18(24-3)12-10-17/h6,8-12,16H,4-5,7,13-15H2,1-3H3,(H,21,22). The second-order valence-corrected chi connectivity index (χ2v) is 7.06. The average Bonchev–Trinajstić information content (AvgIpc) is 3.17. The number of rotatable bonds is 9. The lowest BCUT2D eigenvalue weighted by Gasteiger charge is -2.21. The van der Waals surface area contributed by atoms with Crippen LogP contribution < -0.4 is 10.1 Å². The summed E-state index contributed by atoms with van der Waals surface area (Å²) in [5, 5.41) is 5.59. The van der Waals surface area contributed by atoms with Gasteiger partial charge in [0.15, 0.2) is 5.96 Å². The number of nitrogens with zero attached hydrogens (tertiary/aromatic N) is 2. The topological polar surface area (TPSA) is 36.9 Å². The molecule has 1 aromatic carbocycles. The Labute approximate surface area is 155 Å². The van der Waals surface area contributed by atoms with Crippen LogP contribution in [0, 0.1) is 0 Å². The number of aryl methyl sites for hydroxylation is 1. The summed E-state index contributed by atoms with van der Waals surface area (Å²) in [7, 11) is 5.65. The van der Waals surface area contributed by atoms with E-state index in [0.29, 0.717) is 0 Å². The highest BCUT2D eigenvalue weighted by atomic mass is 32.1. The highest BCUT2D eigenvalue weighted by molar-refractivity contribution is 7.09. The van der Waals surface area contributed by atoms with Gasteiger partial charge in [-0.1, -0.05) is 18.2 Å². The SMILES string of the molecule is CN=C(NCCCCc1ccc(OC)cc1)N(C)CCc1cccs1. The van der Waals surface area contributed by atoms with Gasteiger partial charge in [0.05, 0.1) is 7.11 Å². The first-order chi connectivity index (χ1) is 12.2. The molecule has 0 aliphatic heterocycles. The molecule has 0 saturated carbocycles. The fourth-order valence-electron chi connectivity index (χ4n) is 2.67. The summed E-state index contributed by atoms with van der Waals surface area (Å²) in [5.41, 5.74) is 1.36. The van der Waals surface area contributed by atoms with E-state index in [2.05, 4.69) is 51.9 Å². The van der Waals surface area contributed by atoms with Crippen molar-refractivity contribution in [2.75, 3.05) is 34.3 Å². The molecule has 5 heteroatoms. The average molecular weight is 360 g/mol. The molecule has 0 aliphatic rings. The smallest absolute Gasteiger partial charge is 0.193 e. The minimum atomic E-state index is 0.916. The Kier molecular flexibility index (Phi) is 8.32. The van der Waals surface area contributed by atoms with Crippen LogP contribution in [0.15, 0.2) is 46.8 Å². The molecule has 0 fully saturated rings. The minimum Gasteiger partial charge on any atom is -0.497 e. The zero-order chi connectivity index (χ0) is 17.9. The zero-order valence-corrected chi connectivity index (χ0v) is 16.3. The van der Waals surface area contributed by atoms with Gasteiger partial charge in [0.25, 0.3) is 0 Å². The van der Waals surface area contributed by atoms with Gasteiger partial charge in [-0.3, -0.25) is 4.99 Å². The van der Waals surface area contributed by atoms with Crippen LogP contribution in [0.3, 0.4) is 0 Å². The molecular formula is C20H29N3OS. The van der Waals surface area contributed by atoms with Gasteiger partial charge in [-0.25, -0.2) is 0 Å². The van der Waals surface area contributed by atoms with Crippen molar-refractivity contribution in [3.63, 3.8) is 0 Å². The number of thiophene rings is 1. The second-order valence-electron chi connectivity index (χ2n) is 6.03. The van der Waals surface area contributed by atoms with Crippen LogP contribution in [-0.2, 0) is 12.8 Å². The first-order valence-electron chi connectivity index (χ1n) is 8.80. The third kappa shape index (κ3) is 6.78. The van der Waals surface area contributed by atoms with Gasteiger partial charge in [-0.05, 0) is 54.8 Å². The van der Waals surface area contributed by atoms with E-state index in [1.54, 1.807) is 7.11 Å². The van der Waals surface area contributed by atoms with Crippen LogP contribution in [0.2, 0.25) is 0 Å². The lowest BCUT2D eigenvalue weighted by molar-refractivity contribution is 0.414. The maximum atomic E-state index is 5.19. The molecule has 0 radical (unpaired) electrons. The summed E-state index contributed by atoms with van der Waals surface area (Å²) in [6, 6.07) is 12.6. The normalized spacial score (nSPS) is 11.4. The van der Waals surface area contributed by atoms with Gasteiger partial charge >= 0.3 is 0 Å². The molecule has 1 heterocycles. The minimum absolute atomic E-state index is 0.916. The van der Waals surface area contributed by atoms with Crippen molar-refractivity contribution >= 4 is 17.3 Å². The maximum Gasteiger partial charge on any atom is 0.193 e. The highest BCUT2D eigenvalue weighted by Crippen LogP contribution is 2.13. The summed E-state index contributed by atoms with van der Waals surface area (Å²) >= 11 is 1.81. The highest BCUT2D eigenvalue weighted by Gasteiger charge is 2.05. The van der Waals surface area contributed by atoms with E-state index in [1.807, 2.05) is 30.5 Å². The Bertz CT molecular complexity index is 623. The van der Waals surface area contributed by atoms with Crippen LogP contribution >= 0.6 is 11.3 Å². The monoisotopic (exact) mass is 359 g/mol. The molecule has 0 atom stereocenters. The van der Waals surface area contributed by atoms with Crippen molar-refractivity contribution in [3.8, 4) is 5.75 Å². The largest absolute Gasteiger partial charge is 0.497 e. The Morgan fingerprint density at radius 2 is 1.96 bits per heavy atom. The number of nitrogens with one attached hydrogen (secondary N) is 1. The lowest BCUT2D eigenvalue weighted by atomic mass is 10.1. The van der Waals surface area contributed by atoms with Crippen molar-refractivity contribution in [3.05, 3.63) is 52.2 Å². The first kappa shape index (κ1) is 19.3. The molecule has 2 rings (SSSR count). The van der Waals surface area contributed by atoms with E-state index in [-0.39, 0.29) is 0 Å². The number of hydrogen-bond donors (Lipinski definition) is 1. The summed E-state index contributed by atoms with van der Waals surface area (Å²) in [6.45, 7) is 1.93. The van der Waals surface area contributed by atoms with E-state index < -0.39 is 0 Å². The Hall–Kier alpha value is -2.01. The molecule has 0 amide bonds. The lowest BCUT2D eigenvalue weighted by Crippen LogP contribution is -2.40. The molecule has 1 N–H and O–H groups in total. The van der Waals surface area contributed by atoms with E-state index >= 15 is 0 Å². The van der Waals surface area contributed by atoms with Crippen LogP contribution in [0.1, 0.15) is 23.3 Å². The second kappa shape index (κ2) is 10.8. The number of ether oxygens (including phenoxy) is 1. The molecule has 0 saturated heterocycles. The number of guanidine groups is 1. The van der Waals surface area contributed by atoms with Crippen LogP contribution in [0.5, 0.6) is 5.75 Å². The molecule has 0 aliphatic carbocycles. The van der Waals surface area contributed by atoms with Crippen LogP contribution in [0.4, 0.5) is 0 Å². The van der Waals surface area contributed by atoms with Crippen molar-refractivity contribution in [2.24, 2.45) is 4.99 Å². The molecule has 0 bridgehead atoms. The predicted octanol–water partition coefficient (Wildman–Crippen LogP) is 3.83. The molecular weight excluding hydrogens is 330 g/mol. The van der Waals surface area contributed by atoms with Gasteiger partial charge in [-0.2, -0.15) is 0 Å². The van der Waals surface area contributed by atoms with E-state index in [4.69, 9.17) is 4.74 Å². The van der Waals surface area contributed by atoms with Gasteiger partial charge in [0, 0.05) is 32.1 Å². The number of likely N-dealkylation sites (N-methyl/N-ethyl adjacent to an activating group) is 1. The zero-order valence-electron chi connectivity index (χ0n) is 15.5. The summed E-state index contributed by atoms with van der Waals surface area (Å²) in [4.78, 5) is 8.00. The third-order valence-electron chi connectivity index (χ3n) is 4.18. The Balaban J connectivity index is 1.63. The summed E-state index contributed by atoms with van der Waals surface area (Å²) < 4.78 is 5.19. The van der Waals surface area contributed by atoms with Crippen LogP contribution in [-0.4, -0.2) is 45.2 Å². The Morgan fingerprint density at radius 1 is 1.16 bits per heavy atom. The number of methoxy groups -OCH3 is 1. The predicted molar refractivity (Wildman–Crippen MR) is 108 cm³/mol. The van der Waals surface area contributed by atoms with Crippen LogP contribution in [0.25, 0.3) is 0 Å². The van der Waals surface area contributed by atoms with E-state index in [1.165, 1.54) is 10.4 Å². The van der Waals surface area contributed by atoms with Gasteiger partial charge in [0.2, 0.25) is 0 Å². The van der Waals surface area contributed by atoms with Crippen molar-refractivity contribution in [1.82, 2.24) is 10.2 Å². The van der Waals surface area contributed by atoms with Gasteiger partial charge in [-0.15, -0.1) is 11.3 Å².